The Hall–Kier alpha value is -1.88. The van der Waals surface area contributed by atoms with Gasteiger partial charge in [-0.05, 0) is 18.9 Å². The van der Waals surface area contributed by atoms with Crippen molar-refractivity contribution < 1.29 is 14.7 Å². The van der Waals surface area contributed by atoms with Crippen LogP contribution in [0.15, 0.2) is 30.3 Å². The summed E-state index contributed by atoms with van der Waals surface area (Å²) in [5.74, 6) is -0.280. The highest BCUT2D eigenvalue weighted by Crippen LogP contribution is 2.11. The van der Waals surface area contributed by atoms with Crippen molar-refractivity contribution in [2.24, 2.45) is 0 Å². The van der Waals surface area contributed by atoms with Crippen molar-refractivity contribution in [1.29, 1.82) is 0 Å². The number of rotatable bonds is 8. The van der Waals surface area contributed by atoms with Crippen molar-refractivity contribution >= 4 is 11.8 Å². The molecule has 0 aliphatic heterocycles. The molecule has 0 aromatic heterocycles. The lowest BCUT2D eigenvalue weighted by atomic mass is 10.1. The first-order valence-electron chi connectivity index (χ1n) is 7.32. The Morgan fingerprint density at radius 2 is 1.95 bits per heavy atom. The van der Waals surface area contributed by atoms with E-state index in [1.54, 1.807) is 11.8 Å². The molecule has 1 rings (SSSR count). The molecule has 0 unspecified atom stereocenters. The molecule has 0 heterocycles. The zero-order chi connectivity index (χ0) is 15.7. The maximum Gasteiger partial charge on any atom is 0.242 e. The normalized spacial score (nSPS) is 11.8. The molecule has 2 amide bonds. The standard InChI is InChI=1S/C16H24N2O3/c1-3-7-15(20)18(12-14-8-5-4-6-9-14)13(2)16(21)17-10-11-19/h4-6,8-9,13,19H,3,7,10-12H2,1-2H3,(H,17,21)/t13-/m1/s1. The minimum absolute atomic E-state index is 0.0343. The summed E-state index contributed by atoms with van der Waals surface area (Å²) < 4.78 is 0. The molecule has 0 bridgehead atoms. The molecule has 116 valence electrons. The minimum atomic E-state index is -0.559. The predicted molar refractivity (Wildman–Crippen MR) is 81.5 cm³/mol. The second-order valence-corrected chi connectivity index (χ2v) is 4.95. The topological polar surface area (TPSA) is 69.6 Å². The fourth-order valence-corrected chi connectivity index (χ4v) is 2.05. The van der Waals surface area contributed by atoms with Gasteiger partial charge >= 0.3 is 0 Å². The Labute approximate surface area is 126 Å². The molecule has 2 N–H and O–H groups in total. The van der Waals surface area contributed by atoms with E-state index in [4.69, 9.17) is 5.11 Å². The number of aliphatic hydroxyl groups excluding tert-OH is 1. The molecule has 0 saturated carbocycles. The minimum Gasteiger partial charge on any atom is -0.395 e. The van der Waals surface area contributed by atoms with Crippen LogP contribution >= 0.6 is 0 Å². The Morgan fingerprint density at radius 1 is 1.29 bits per heavy atom. The summed E-state index contributed by atoms with van der Waals surface area (Å²) in [4.78, 5) is 25.9. The van der Waals surface area contributed by atoms with E-state index in [1.165, 1.54) is 0 Å². The van der Waals surface area contributed by atoms with Crippen LogP contribution in [0.1, 0.15) is 32.3 Å². The molecule has 1 aromatic carbocycles. The first-order valence-corrected chi connectivity index (χ1v) is 7.32. The average molecular weight is 292 g/mol. The average Bonchev–Trinajstić information content (AvgIpc) is 2.50. The van der Waals surface area contributed by atoms with Crippen molar-refractivity contribution in [3.05, 3.63) is 35.9 Å². The third-order valence-electron chi connectivity index (χ3n) is 3.24. The fourth-order valence-electron chi connectivity index (χ4n) is 2.05. The lowest BCUT2D eigenvalue weighted by molar-refractivity contribution is -0.140. The third kappa shape index (κ3) is 5.55. The lowest BCUT2D eigenvalue weighted by Gasteiger charge is -2.28. The number of hydrogen-bond donors (Lipinski definition) is 2. The van der Waals surface area contributed by atoms with Crippen LogP contribution in [-0.2, 0) is 16.1 Å². The monoisotopic (exact) mass is 292 g/mol. The zero-order valence-corrected chi connectivity index (χ0v) is 12.7. The summed E-state index contributed by atoms with van der Waals surface area (Å²) in [6.07, 6.45) is 1.17. The molecule has 0 fully saturated rings. The molecule has 0 spiro atoms. The highest BCUT2D eigenvalue weighted by atomic mass is 16.3. The van der Waals surface area contributed by atoms with E-state index in [0.29, 0.717) is 13.0 Å². The first-order chi connectivity index (χ1) is 10.1. The molecular weight excluding hydrogens is 268 g/mol. The Balaban J connectivity index is 2.81. The third-order valence-corrected chi connectivity index (χ3v) is 3.24. The molecule has 21 heavy (non-hydrogen) atoms. The van der Waals surface area contributed by atoms with Gasteiger partial charge in [-0.1, -0.05) is 37.3 Å². The van der Waals surface area contributed by atoms with Gasteiger partial charge in [-0.2, -0.15) is 0 Å². The van der Waals surface area contributed by atoms with Gasteiger partial charge in [0.05, 0.1) is 6.61 Å². The second kappa shape index (κ2) is 9.13. The number of benzene rings is 1. The van der Waals surface area contributed by atoms with E-state index >= 15 is 0 Å². The van der Waals surface area contributed by atoms with Crippen molar-refractivity contribution in [2.75, 3.05) is 13.2 Å². The van der Waals surface area contributed by atoms with Gasteiger partial charge in [0.1, 0.15) is 6.04 Å². The van der Waals surface area contributed by atoms with Crippen LogP contribution < -0.4 is 5.32 Å². The number of carbonyl (C=O) groups is 2. The summed E-state index contributed by atoms with van der Waals surface area (Å²) in [7, 11) is 0. The summed E-state index contributed by atoms with van der Waals surface area (Å²) in [5.41, 5.74) is 0.990. The summed E-state index contributed by atoms with van der Waals surface area (Å²) in [6, 6.07) is 9.05. The van der Waals surface area contributed by atoms with E-state index in [2.05, 4.69) is 5.32 Å². The van der Waals surface area contributed by atoms with Gasteiger partial charge in [-0.3, -0.25) is 9.59 Å². The van der Waals surface area contributed by atoms with Gasteiger partial charge in [0, 0.05) is 19.5 Å². The van der Waals surface area contributed by atoms with Crippen LogP contribution in [0.4, 0.5) is 0 Å². The van der Waals surface area contributed by atoms with Gasteiger partial charge in [0.15, 0.2) is 0 Å². The predicted octanol–water partition coefficient (Wildman–Crippen LogP) is 1.31. The van der Waals surface area contributed by atoms with E-state index in [1.807, 2.05) is 37.3 Å². The molecule has 0 radical (unpaired) electrons. The number of carbonyl (C=O) groups excluding carboxylic acids is 2. The van der Waals surface area contributed by atoms with Crippen molar-refractivity contribution in [2.45, 2.75) is 39.3 Å². The summed E-state index contributed by atoms with van der Waals surface area (Å²) >= 11 is 0. The molecular formula is C16H24N2O3. The Bertz CT molecular complexity index is 448. The van der Waals surface area contributed by atoms with Crippen LogP contribution in [0.25, 0.3) is 0 Å². The van der Waals surface area contributed by atoms with Crippen molar-refractivity contribution in [3.63, 3.8) is 0 Å². The Kier molecular flexibility index (Phi) is 7.46. The molecule has 1 aromatic rings. The van der Waals surface area contributed by atoms with Gasteiger partial charge in [-0.15, -0.1) is 0 Å². The SMILES string of the molecule is CCCC(=O)N(Cc1ccccc1)[C@H](C)C(=O)NCCO. The van der Waals surface area contributed by atoms with E-state index in [9.17, 15) is 9.59 Å². The van der Waals surface area contributed by atoms with Gasteiger partial charge in [-0.25, -0.2) is 0 Å². The molecule has 5 nitrogen and oxygen atoms in total. The maximum atomic E-state index is 12.3. The molecule has 0 saturated heterocycles. The quantitative estimate of drug-likeness (QED) is 0.759. The molecule has 1 atom stereocenters. The van der Waals surface area contributed by atoms with Crippen molar-refractivity contribution in [3.8, 4) is 0 Å². The van der Waals surface area contributed by atoms with E-state index in [0.717, 1.165) is 12.0 Å². The van der Waals surface area contributed by atoms with Gasteiger partial charge in [0.25, 0.3) is 0 Å². The smallest absolute Gasteiger partial charge is 0.242 e. The number of hydrogen-bond acceptors (Lipinski definition) is 3. The van der Waals surface area contributed by atoms with Gasteiger partial charge < -0.3 is 15.3 Å². The molecule has 0 aliphatic rings. The van der Waals surface area contributed by atoms with E-state index < -0.39 is 6.04 Å². The summed E-state index contributed by atoms with van der Waals surface area (Å²) in [6.45, 7) is 4.15. The highest BCUT2D eigenvalue weighted by molar-refractivity contribution is 5.87. The number of nitrogens with one attached hydrogen (secondary N) is 1. The van der Waals surface area contributed by atoms with Crippen LogP contribution in [0, 0.1) is 0 Å². The molecule has 0 aliphatic carbocycles. The lowest BCUT2D eigenvalue weighted by Crippen LogP contribution is -2.48. The van der Waals surface area contributed by atoms with Crippen molar-refractivity contribution in [1.82, 2.24) is 10.2 Å². The van der Waals surface area contributed by atoms with Crippen LogP contribution in [-0.4, -0.2) is 41.0 Å². The number of amides is 2. The first kappa shape index (κ1) is 17.2. The van der Waals surface area contributed by atoms with Gasteiger partial charge in [0.2, 0.25) is 11.8 Å². The summed E-state index contributed by atoms with van der Waals surface area (Å²) in [5, 5.41) is 11.4. The second-order valence-electron chi connectivity index (χ2n) is 4.95. The number of nitrogens with zero attached hydrogens (tertiary/aromatic N) is 1. The van der Waals surface area contributed by atoms with E-state index in [-0.39, 0.29) is 25.0 Å². The highest BCUT2D eigenvalue weighted by Gasteiger charge is 2.25. The van der Waals surface area contributed by atoms with Crippen LogP contribution in [0.3, 0.4) is 0 Å². The maximum absolute atomic E-state index is 12.3. The van der Waals surface area contributed by atoms with Crippen LogP contribution in [0.2, 0.25) is 0 Å². The fraction of sp³-hybridized carbons (Fsp3) is 0.500. The Morgan fingerprint density at radius 3 is 2.52 bits per heavy atom. The van der Waals surface area contributed by atoms with Crippen LogP contribution in [0.5, 0.6) is 0 Å². The number of aliphatic hydroxyl groups is 1. The zero-order valence-electron chi connectivity index (χ0n) is 12.7. The largest absolute Gasteiger partial charge is 0.395 e. The molecule has 5 heteroatoms.